The summed E-state index contributed by atoms with van der Waals surface area (Å²) in [6, 6.07) is 6.59. The molecule has 0 bridgehead atoms. The fraction of sp³-hybridized carbons (Fsp3) is 0.625. The molecule has 3 unspecified atom stereocenters. The van der Waals surface area contributed by atoms with Crippen molar-refractivity contribution >= 4 is 23.4 Å². The van der Waals surface area contributed by atoms with E-state index in [2.05, 4.69) is 17.4 Å². The van der Waals surface area contributed by atoms with Gasteiger partial charge in [0.05, 0.1) is 6.10 Å². The van der Waals surface area contributed by atoms with Crippen molar-refractivity contribution in [1.82, 2.24) is 5.32 Å². The highest BCUT2D eigenvalue weighted by molar-refractivity contribution is 7.99. The first-order chi connectivity index (χ1) is 9.74. The minimum absolute atomic E-state index is 0.118. The van der Waals surface area contributed by atoms with Crippen molar-refractivity contribution in [2.45, 2.75) is 49.1 Å². The van der Waals surface area contributed by atoms with E-state index in [1.807, 2.05) is 17.8 Å². The van der Waals surface area contributed by atoms with Gasteiger partial charge in [-0.05, 0) is 54.7 Å². The van der Waals surface area contributed by atoms with Gasteiger partial charge in [-0.3, -0.25) is 0 Å². The van der Waals surface area contributed by atoms with Gasteiger partial charge in [0, 0.05) is 22.5 Å². The van der Waals surface area contributed by atoms with Crippen LogP contribution in [0.1, 0.15) is 43.7 Å². The van der Waals surface area contributed by atoms with Crippen LogP contribution in [0.25, 0.3) is 0 Å². The number of thioether (sulfide) groups is 1. The monoisotopic (exact) mass is 311 g/mol. The normalized spacial score (nSPS) is 30.0. The van der Waals surface area contributed by atoms with E-state index in [0.717, 1.165) is 36.6 Å². The average Bonchev–Trinajstić information content (AvgIpc) is 2.46. The van der Waals surface area contributed by atoms with Gasteiger partial charge in [-0.1, -0.05) is 24.4 Å². The fourth-order valence-corrected chi connectivity index (χ4v) is 4.58. The van der Waals surface area contributed by atoms with E-state index in [4.69, 9.17) is 11.6 Å². The summed E-state index contributed by atoms with van der Waals surface area (Å²) in [6.07, 6.45) is 5.57. The predicted molar refractivity (Wildman–Crippen MR) is 85.5 cm³/mol. The van der Waals surface area contributed by atoms with Gasteiger partial charge < -0.3 is 10.4 Å². The summed E-state index contributed by atoms with van der Waals surface area (Å²) in [5, 5.41) is 14.6. The van der Waals surface area contributed by atoms with E-state index in [9.17, 15) is 5.11 Å². The Morgan fingerprint density at radius 1 is 1.25 bits per heavy atom. The number of fused-ring (bicyclic) bond motifs is 1. The molecular formula is C16H22ClNOS. The van der Waals surface area contributed by atoms with Crippen LogP contribution in [0.5, 0.6) is 0 Å². The molecule has 3 atom stereocenters. The summed E-state index contributed by atoms with van der Waals surface area (Å²) in [5.41, 5.74) is 1.33. The lowest BCUT2D eigenvalue weighted by atomic mass is 9.86. The molecular weight excluding hydrogens is 290 g/mol. The number of rotatable bonds is 3. The number of benzene rings is 1. The number of nitrogens with one attached hydrogen (secondary N) is 1. The smallest absolute Gasteiger partial charge is 0.0580 e. The Balaban J connectivity index is 1.65. The highest BCUT2D eigenvalue weighted by atomic mass is 35.5. The minimum atomic E-state index is -0.118. The summed E-state index contributed by atoms with van der Waals surface area (Å²) < 4.78 is 0. The van der Waals surface area contributed by atoms with E-state index < -0.39 is 0 Å². The predicted octanol–water partition coefficient (Wildman–Crippen LogP) is 4.02. The molecule has 2 N–H and O–H groups in total. The van der Waals surface area contributed by atoms with E-state index in [1.54, 1.807) is 0 Å². The first kappa shape index (κ1) is 14.7. The number of aliphatic hydroxyl groups excluding tert-OH is 1. The Kier molecular flexibility index (Phi) is 4.92. The van der Waals surface area contributed by atoms with Crippen molar-refractivity contribution in [2.75, 3.05) is 12.3 Å². The third kappa shape index (κ3) is 3.33. The lowest BCUT2D eigenvalue weighted by molar-refractivity contribution is 0.0679. The fourth-order valence-electron chi connectivity index (χ4n) is 3.30. The van der Waals surface area contributed by atoms with Gasteiger partial charge >= 0.3 is 0 Å². The number of aliphatic hydroxyl groups is 1. The molecule has 2 aliphatic rings. The molecule has 4 heteroatoms. The average molecular weight is 312 g/mol. The Bertz CT molecular complexity index is 468. The van der Waals surface area contributed by atoms with Crippen LogP contribution in [0.4, 0.5) is 0 Å². The van der Waals surface area contributed by atoms with Crippen molar-refractivity contribution < 1.29 is 5.11 Å². The second kappa shape index (κ2) is 6.69. The van der Waals surface area contributed by atoms with Crippen molar-refractivity contribution in [3.05, 3.63) is 28.8 Å². The van der Waals surface area contributed by atoms with Gasteiger partial charge in [-0.25, -0.2) is 0 Å². The summed E-state index contributed by atoms with van der Waals surface area (Å²) in [5.74, 6) is 1.57. The molecule has 1 saturated carbocycles. The molecule has 1 aliphatic heterocycles. The minimum Gasteiger partial charge on any atom is -0.393 e. The van der Waals surface area contributed by atoms with Crippen LogP contribution >= 0.6 is 23.4 Å². The maximum absolute atomic E-state index is 10.1. The van der Waals surface area contributed by atoms with E-state index in [-0.39, 0.29) is 6.10 Å². The molecule has 110 valence electrons. The van der Waals surface area contributed by atoms with Gasteiger partial charge in [0.2, 0.25) is 0 Å². The number of halogens is 1. The Morgan fingerprint density at radius 2 is 2.10 bits per heavy atom. The second-order valence-corrected chi connectivity index (χ2v) is 7.47. The Labute approximate surface area is 130 Å². The molecule has 1 aliphatic carbocycles. The van der Waals surface area contributed by atoms with E-state index in [0.29, 0.717) is 12.0 Å². The van der Waals surface area contributed by atoms with Crippen molar-refractivity contribution in [1.29, 1.82) is 0 Å². The maximum atomic E-state index is 10.1. The molecule has 1 fully saturated rings. The van der Waals surface area contributed by atoms with Gasteiger partial charge in [-0.2, -0.15) is 0 Å². The molecule has 0 amide bonds. The van der Waals surface area contributed by atoms with Gasteiger partial charge in [0.25, 0.3) is 0 Å². The van der Waals surface area contributed by atoms with Crippen molar-refractivity contribution in [3.63, 3.8) is 0 Å². The zero-order valence-corrected chi connectivity index (χ0v) is 13.2. The SMILES string of the molecule is OC1CCCCC1CNC1CCSc2ccc(Cl)cc21. The zero-order valence-electron chi connectivity index (χ0n) is 11.6. The van der Waals surface area contributed by atoms with Crippen molar-refractivity contribution in [2.24, 2.45) is 5.92 Å². The van der Waals surface area contributed by atoms with Crippen LogP contribution in [0.15, 0.2) is 23.1 Å². The molecule has 1 aromatic rings. The van der Waals surface area contributed by atoms with Gasteiger partial charge in [0.1, 0.15) is 0 Å². The lowest BCUT2D eigenvalue weighted by Gasteiger charge is -2.32. The zero-order chi connectivity index (χ0) is 13.9. The summed E-state index contributed by atoms with van der Waals surface area (Å²) in [7, 11) is 0. The van der Waals surface area contributed by atoms with Gasteiger partial charge in [0.15, 0.2) is 0 Å². The largest absolute Gasteiger partial charge is 0.393 e. The van der Waals surface area contributed by atoms with Gasteiger partial charge in [-0.15, -0.1) is 11.8 Å². The lowest BCUT2D eigenvalue weighted by Crippen LogP contribution is -2.36. The topological polar surface area (TPSA) is 32.3 Å². The molecule has 0 aromatic heterocycles. The van der Waals surface area contributed by atoms with Crippen LogP contribution in [-0.4, -0.2) is 23.5 Å². The molecule has 3 rings (SSSR count). The van der Waals surface area contributed by atoms with E-state index in [1.165, 1.54) is 23.3 Å². The van der Waals surface area contributed by atoms with Crippen LogP contribution < -0.4 is 5.32 Å². The van der Waals surface area contributed by atoms with Crippen LogP contribution in [0, 0.1) is 5.92 Å². The molecule has 0 radical (unpaired) electrons. The summed E-state index contributed by atoms with van der Waals surface area (Å²) in [4.78, 5) is 1.35. The number of hydrogen-bond donors (Lipinski definition) is 2. The maximum Gasteiger partial charge on any atom is 0.0580 e. The first-order valence-electron chi connectivity index (χ1n) is 7.58. The highest BCUT2D eigenvalue weighted by Gasteiger charge is 2.26. The molecule has 1 aromatic carbocycles. The summed E-state index contributed by atoms with van der Waals surface area (Å²) >= 11 is 8.05. The molecule has 20 heavy (non-hydrogen) atoms. The van der Waals surface area contributed by atoms with Crippen LogP contribution in [-0.2, 0) is 0 Å². The second-order valence-electron chi connectivity index (χ2n) is 5.89. The van der Waals surface area contributed by atoms with E-state index >= 15 is 0 Å². The first-order valence-corrected chi connectivity index (χ1v) is 8.94. The van der Waals surface area contributed by atoms with Crippen LogP contribution in [0.3, 0.4) is 0 Å². The van der Waals surface area contributed by atoms with Crippen molar-refractivity contribution in [3.8, 4) is 0 Å². The standard InChI is InChI=1S/C16H22ClNOS/c17-12-5-6-16-13(9-12)14(7-8-20-16)18-10-11-3-1-2-4-15(11)19/h5-6,9,11,14-15,18-19H,1-4,7-8,10H2. The quantitative estimate of drug-likeness (QED) is 0.884. The highest BCUT2D eigenvalue weighted by Crippen LogP contribution is 2.37. The molecule has 0 saturated heterocycles. The molecule has 0 spiro atoms. The number of hydrogen-bond acceptors (Lipinski definition) is 3. The third-order valence-electron chi connectivity index (χ3n) is 4.51. The molecule has 2 nitrogen and oxygen atoms in total. The van der Waals surface area contributed by atoms with Crippen LogP contribution in [0.2, 0.25) is 5.02 Å². The molecule has 1 heterocycles. The third-order valence-corrected chi connectivity index (χ3v) is 5.86. The Morgan fingerprint density at radius 3 is 2.95 bits per heavy atom. The summed E-state index contributed by atoms with van der Waals surface area (Å²) in [6.45, 7) is 0.919. The Hall–Kier alpha value is -0.220.